The molecule has 0 saturated heterocycles. The molecule has 0 aliphatic rings. The first-order valence-corrected chi connectivity index (χ1v) is 7.48. The minimum Gasteiger partial charge on any atom is -0.593 e. The summed E-state index contributed by atoms with van der Waals surface area (Å²) in [6.07, 6.45) is 1.78. The number of H-pyrrole nitrogens is 1. The number of hydrogen-bond acceptors (Lipinski definition) is 3. The highest BCUT2D eigenvalue weighted by Gasteiger charge is 2.15. The zero-order chi connectivity index (χ0) is 15.0. The van der Waals surface area contributed by atoms with Gasteiger partial charge in [0.1, 0.15) is 5.82 Å². The number of rotatable bonds is 3. The van der Waals surface area contributed by atoms with Crippen LogP contribution >= 0.6 is 0 Å². The highest BCUT2D eigenvalue weighted by Crippen LogP contribution is 2.31. The molecule has 0 amide bonds. The third-order valence-corrected chi connectivity index (χ3v) is 4.23. The molecular weight excluding hydrogens is 291 g/mol. The van der Waals surface area contributed by atoms with E-state index >= 15 is 0 Å². The van der Waals surface area contributed by atoms with Crippen LogP contribution in [0.4, 0.5) is 4.39 Å². The van der Waals surface area contributed by atoms with E-state index in [4.69, 9.17) is 5.14 Å². The normalized spacial score (nSPS) is 12.8. The summed E-state index contributed by atoms with van der Waals surface area (Å²) in [7, 11) is 0. The van der Waals surface area contributed by atoms with Crippen molar-refractivity contribution in [2.45, 2.75) is 11.5 Å². The van der Waals surface area contributed by atoms with E-state index in [0.717, 1.165) is 16.5 Å². The van der Waals surface area contributed by atoms with Gasteiger partial charge in [-0.05, 0) is 42.0 Å². The van der Waals surface area contributed by atoms with Crippen molar-refractivity contribution in [3.05, 3.63) is 54.0 Å². The first-order chi connectivity index (χ1) is 10.1. The molecule has 0 bridgehead atoms. The third kappa shape index (κ3) is 2.54. The maximum atomic E-state index is 13.2. The molecule has 4 nitrogen and oxygen atoms in total. The molecule has 0 radical (unpaired) electrons. The molecule has 1 aromatic heterocycles. The van der Waals surface area contributed by atoms with Crippen LogP contribution in [0.3, 0.4) is 0 Å². The number of aliphatic hydroxyl groups is 1. The largest absolute Gasteiger partial charge is 0.593 e. The highest BCUT2D eigenvalue weighted by molar-refractivity contribution is 7.89. The molecule has 3 aromatic rings. The first kappa shape index (κ1) is 14.1. The molecule has 0 fully saturated rings. The van der Waals surface area contributed by atoms with E-state index in [1.165, 1.54) is 12.1 Å². The number of nitrogens with two attached hydrogens (primary N) is 1. The Morgan fingerprint density at radius 1 is 1.24 bits per heavy atom. The summed E-state index contributed by atoms with van der Waals surface area (Å²) in [4.78, 5) is 3.42. The van der Waals surface area contributed by atoms with Gasteiger partial charge in [0.05, 0.1) is 18.0 Å². The Morgan fingerprint density at radius 3 is 2.76 bits per heavy atom. The number of hydrogen-bond donors (Lipinski definition) is 3. The van der Waals surface area contributed by atoms with E-state index in [1.807, 2.05) is 0 Å². The van der Waals surface area contributed by atoms with Gasteiger partial charge in [-0.3, -0.25) is 0 Å². The van der Waals surface area contributed by atoms with Crippen LogP contribution in [0.5, 0.6) is 0 Å². The second kappa shape index (κ2) is 5.50. The lowest BCUT2D eigenvalue weighted by molar-refractivity contribution is 0.278. The van der Waals surface area contributed by atoms with Gasteiger partial charge in [-0.15, -0.1) is 5.14 Å². The monoisotopic (exact) mass is 304 g/mol. The van der Waals surface area contributed by atoms with Crippen LogP contribution < -0.4 is 5.14 Å². The molecule has 21 heavy (non-hydrogen) atoms. The molecule has 0 aliphatic heterocycles. The smallest absolute Gasteiger partial charge is 0.179 e. The highest BCUT2D eigenvalue weighted by atomic mass is 32.2. The summed E-state index contributed by atoms with van der Waals surface area (Å²) >= 11 is -1.64. The fourth-order valence-electron chi connectivity index (χ4n) is 2.40. The van der Waals surface area contributed by atoms with Crippen molar-refractivity contribution in [1.29, 1.82) is 0 Å². The lowest BCUT2D eigenvalue weighted by Gasteiger charge is -2.09. The SMILES string of the molecule is N[S+]([O-])c1ccc(-c2c[nH]c3cc(F)ccc23)cc1CO. The van der Waals surface area contributed by atoms with E-state index in [0.29, 0.717) is 16.0 Å². The fourth-order valence-corrected chi connectivity index (χ4v) is 2.99. The van der Waals surface area contributed by atoms with E-state index in [2.05, 4.69) is 4.98 Å². The molecule has 1 atom stereocenters. The number of aromatic amines is 1. The van der Waals surface area contributed by atoms with Gasteiger partial charge in [0.15, 0.2) is 4.90 Å². The molecule has 1 heterocycles. The molecule has 108 valence electrons. The summed E-state index contributed by atoms with van der Waals surface area (Å²) < 4.78 is 24.6. The Labute approximate surface area is 123 Å². The molecule has 6 heteroatoms. The summed E-state index contributed by atoms with van der Waals surface area (Å²) in [5.41, 5.74) is 2.94. The maximum Gasteiger partial charge on any atom is 0.179 e. The number of aliphatic hydroxyl groups excluding tert-OH is 1. The van der Waals surface area contributed by atoms with Crippen molar-refractivity contribution >= 4 is 22.3 Å². The Bertz CT molecular complexity index is 801. The lowest BCUT2D eigenvalue weighted by atomic mass is 10.0. The first-order valence-electron chi connectivity index (χ1n) is 6.27. The Kier molecular flexibility index (Phi) is 3.69. The average Bonchev–Trinajstić information content (AvgIpc) is 2.89. The quantitative estimate of drug-likeness (QED) is 0.650. The minimum atomic E-state index is -1.64. The predicted octanol–water partition coefficient (Wildman–Crippen LogP) is 2.45. The summed E-state index contributed by atoms with van der Waals surface area (Å²) in [6, 6.07) is 9.69. The number of halogens is 1. The van der Waals surface area contributed by atoms with E-state index in [9.17, 15) is 14.0 Å². The zero-order valence-electron chi connectivity index (χ0n) is 11.0. The van der Waals surface area contributed by atoms with Crippen LogP contribution in [-0.2, 0) is 18.0 Å². The fraction of sp³-hybridized carbons (Fsp3) is 0.0667. The Balaban J connectivity index is 2.14. The molecule has 0 spiro atoms. The van der Waals surface area contributed by atoms with Crippen LogP contribution in [0.25, 0.3) is 22.0 Å². The minimum absolute atomic E-state index is 0.247. The molecule has 0 aliphatic carbocycles. The van der Waals surface area contributed by atoms with Gasteiger partial charge in [-0.25, -0.2) is 4.39 Å². The van der Waals surface area contributed by atoms with Gasteiger partial charge in [0, 0.05) is 28.2 Å². The van der Waals surface area contributed by atoms with Crippen molar-refractivity contribution in [3.8, 4) is 11.1 Å². The third-order valence-electron chi connectivity index (χ3n) is 3.40. The van der Waals surface area contributed by atoms with E-state index < -0.39 is 11.4 Å². The molecule has 3 rings (SSSR count). The van der Waals surface area contributed by atoms with Crippen molar-refractivity contribution in [3.63, 3.8) is 0 Å². The number of benzene rings is 2. The van der Waals surface area contributed by atoms with Crippen molar-refractivity contribution < 1.29 is 14.0 Å². The predicted molar refractivity (Wildman–Crippen MR) is 80.2 cm³/mol. The van der Waals surface area contributed by atoms with Crippen LogP contribution in [0, 0.1) is 5.82 Å². The number of aromatic nitrogens is 1. The van der Waals surface area contributed by atoms with Crippen molar-refractivity contribution in [2.75, 3.05) is 0 Å². The van der Waals surface area contributed by atoms with Crippen LogP contribution in [0.1, 0.15) is 5.56 Å². The van der Waals surface area contributed by atoms with Gasteiger partial charge in [0.25, 0.3) is 0 Å². The second-order valence-electron chi connectivity index (χ2n) is 4.67. The average molecular weight is 304 g/mol. The maximum absolute atomic E-state index is 13.2. The van der Waals surface area contributed by atoms with Crippen LogP contribution in [0.2, 0.25) is 0 Å². The number of fused-ring (bicyclic) bond motifs is 1. The molecule has 4 N–H and O–H groups in total. The van der Waals surface area contributed by atoms with Gasteiger partial charge in [-0.2, -0.15) is 0 Å². The molecule has 2 aromatic carbocycles. The van der Waals surface area contributed by atoms with Gasteiger partial charge in [-0.1, -0.05) is 0 Å². The molecule has 1 unspecified atom stereocenters. The summed E-state index contributed by atoms with van der Waals surface area (Å²) in [5.74, 6) is -0.305. The van der Waals surface area contributed by atoms with E-state index in [-0.39, 0.29) is 12.4 Å². The zero-order valence-corrected chi connectivity index (χ0v) is 11.8. The lowest BCUT2D eigenvalue weighted by Crippen LogP contribution is -2.14. The molecular formula is C15H13FN2O2S. The van der Waals surface area contributed by atoms with E-state index in [1.54, 1.807) is 30.5 Å². The van der Waals surface area contributed by atoms with Crippen molar-refractivity contribution in [1.82, 2.24) is 4.98 Å². The standard InChI is InChI=1S/C15H13FN2O2S/c16-11-2-3-12-13(7-18-14(12)6-11)9-1-4-15(21(17)20)10(5-9)8-19/h1-7,18-19H,8,17H2. The van der Waals surface area contributed by atoms with Crippen molar-refractivity contribution in [2.24, 2.45) is 5.14 Å². The van der Waals surface area contributed by atoms with Gasteiger partial charge < -0.3 is 14.6 Å². The Morgan fingerprint density at radius 2 is 2.05 bits per heavy atom. The van der Waals surface area contributed by atoms with Crippen LogP contribution in [-0.4, -0.2) is 14.6 Å². The van der Waals surface area contributed by atoms with Gasteiger partial charge in [0.2, 0.25) is 0 Å². The van der Waals surface area contributed by atoms with Crippen LogP contribution in [0.15, 0.2) is 47.5 Å². The Hall–Kier alpha value is -1.86. The topological polar surface area (TPSA) is 85.1 Å². The summed E-state index contributed by atoms with van der Waals surface area (Å²) in [6.45, 7) is -0.247. The number of nitrogens with one attached hydrogen (secondary N) is 1. The second-order valence-corrected chi connectivity index (χ2v) is 5.70. The molecule has 0 saturated carbocycles. The summed E-state index contributed by atoms with van der Waals surface area (Å²) in [5, 5.41) is 15.6. The van der Waals surface area contributed by atoms with Gasteiger partial charge >= 0.3 is 0 Å².